The van der Waals surface area contributed by atoms with Crippen LogP contribution < -0.4 is 4.74 Å². The number of aryl methyl sites for hydroxylation is 1. The van der Waals surface area contributed by atoms with E-state index in [0.717, 1.165) is 16.8 Å². The summed E-state index contributed by atoms with van der Waals surface area (Å²) in [5, 5.41) is 8.92. The van der Waals surface area contributed by atoms with Crippen molar-refractivity contribution in [2.24, 2.45) is 4.99 Å². The lowest BCUT2D eigenvalue weighted by molar-refractivity contribution is -0.139. The van der Waals surface area contributed by atoms with Crippen LogP contribution in [0, 0.1) is 6.92 Å². The molecule has 0 saturated heterocycles. The molecule has 0 atom stereocenters. The summed E-state index contributed by atoms with van der Waals surface area (Å²) in [7, 11) is 0. The van der Waals surface area contributed by atoms with Gasteiger partial charge in [-0.25, -0.2) is 4.79 Å². The third-order valence-corrected chi connectivity index (χ3v) is 3.07. The number of benzene rings is 2. The summed E-state index contributed by atoms with van der Waals surface area (Å²) in [5.41, 5.74) is 2.78. The number of rotatable bonds is 5. The SMILES string of the molecule is Cc1ccccc1N=Cc1ccc(OCC(=O)O)c(Cl)c1. The topological polar surface area (TPSA) is 58.9 Å². The largest absolute Gasteiger partial charge is 0.480 e. The minimum atomic E-state index is -1.05. The first-order valence-electron chi connectivity index (χ1n) is 6.30. The first-order valence-corrected chi connectivity index (χ1v) is 6.68. The van der Waals surface area contributed by atoms with Gasteiger partial charge in [0.15, 0.2) is 6.61 Å². The van der Waals surface area contributed by atoms with Gasteiger partial charge >= 0.3 is 5.97 Å². The van der Waals surface area contributed by atoms with Gasteiger partial charge in [0.05, 0.1) is 10.7 Å². The molecule has 1 N–H and O–H groups in total. The fraction of sp³-hybridized carbons (Fsp3) is 0.125. The first kappa shape index (κ1) is 15.1. The van der Waals surface area contributed by atoms with Gasteiger partial charge in [0.2, 0.25) is 0 Å². The van der Waals surface area contributed by atoms with E-state index in [1.807, 2.05) is 31.2 Å². The molecule has 2 aromatic carbocycles. The molecule has 21 heavy (non-hydrogen) atoms. The number of ether oxygens (including phenoxy) is 1. The van der Waals surface area contributed by atoms with E-state index in [-0.39, 0.29) is 0 Å². The van der Waals surface area contributed by atoms with E-state index in [0.29, 0.717) is 10.8 Å². The second-order valence-electron chi connectivity index (χ2n) is 4.42. The Kier molecular flexibility index (Phi) is 4.95. The zero-order valence-corrected chi connectivity index (χ0v) is 12.2. The predicted molar refractivity (Wildman–Crippen MR) is 83.0 cm³/mol. The van der Waals surface area contributed by atoms with Crippen molar-refractivity contribution in [2.75, 3.05) is 6.61 Å². The van der Waals surface area contributed by atoms with E-state index in [1.165, 1.54) is 0 Å². The zero-order chi connectivity index (χ0) is 15.2. The van der Waals surface area contributed by atoms with Crippen LogP contribution in [0.1, 0.15) is 11.1 Å². The van der Waals surface area contributed by atoms with Gasteiger partial charge in [-0.05, 0) is 42.3 Å². The van der Waals surface area contributed by atoms with Gasteiger partial charge in [-0.2, -0.15) is 0 Å². The first-order chi connectivity index (χ1) is 10.1. The van der Waals surface area contributed by atoms with E-state index in [2.05, 4.69) is 4.99 Å². The lowest BCUT2D eigenvalue weighted by Crippen LogP contribution is -2.09. The molecular weight excluding hydrogens is 290 g/mol. The number of carboxylic acid groups (broad SMARTS) is 1. The molecule has 108 valence electrons. The molecule has 0 amide bonds. The van der Waals surface area contributed by atoms with Crippen LogP contribution in [0.25, 0.3) is 0 Å². The fourth-order valence-corrected chi connectivity index (χ4v) is 1.95. The standard InChI is InChI=1S/C16H14ClNO3/c1-11-4-2-3-5-14(11)18-9-12-6-7-15(13(17)8-12)21-10-16(19)20/h2-9H,10H2,1H3,(H,19,20). The van der Waals surface area contributed by atoms with Crippen molar-refractivity contribution >= 4 is 29.5 Å². The molecule has 0 aliphatic heterocycles. The summed E-state index contributed by atoms with van der Waals surface area (Å²) in [6, 6.07) is 12.9. The van der Waals surface area contributed by atoms with Crippen molar-refractivity contribution in [1.29, 1.82) is 0 Å². The number of carboxylic acids is 1. The minimum Gasteiger partial charge on any atom is -0.480 e. The quantitative estimate of drug-likeness (QED) is 0.853. The summed E-state index contributed by atoms with van der Waals surface area (Å²) in [6.07, 6.45) is 1.70. The second-order valence-corrected chi connectivity index (χ2v) is 4.82. The molecule has 0 aromatic heterocycles. The highest BCUT2D eigenvalue weighted by Crippen LogP contribution is 2.25. The molecule has 0 saturated carbocycles. The third kappa shape index (κ3) is 4.33. The summed E-state index contributed by atoms with van der Waals surface area (Å²) in [5.74, 6) is -0.705. The Morgan fingerprint density at radius 1 is 1.33 bits per heavy atom. The highest BCUT2D eigenvalue weighted by molar-refractivity contribution is 6.32. The van der Waals surface area contributed by atoms with Crippen molar-refractivity contribution in [1.82, 2.24) is 0 Å². The number of halogens is 1. The van der Waals surface area contributed by atoms with E-state index < -0.39 is 12.6 Å². The Morgan fingerprint density at radius 3 is 2.76 bits per heavy atom. The van der Waals surface area contributed by atoms with E-state index in [9.17, 15) is 4.79 Å². The van der Waals surface area contributed by atoms with Gasteiger partial charge < -0.3 is 9.84 Å². The van der Waals surface area contributed by atoms with E-state index in [1.54, 1.807) is 24.4 Å². The third-order valence-electron chi connectivity index (χ3n) is 2.78. The number of carbonyl (C=O) groups is 1. The number of aliphatic carboxylic acids is 1. The Balaban J connectivity index is 2.13. The molecule has 0 radical (unpaired) electrons. The van der Waals surface area contributed by atoms with Crippen molar-refractivity contribution < 1.29 is 14.6 Å². The van der Waals surface area contributed by atoms with Crippen molar-refractivity contribution in [3.8, 4) is 5.75 Å². The van der Waals surface area contributed by atoms with Crippen molar-refractivity contribution in [2.45, 2.75) is 6.92 Å². The molecule has 0 heterocycles. The molecular formula is C16H14ClNO3. The van der Waals surface area contributed by atoms with Crippen molar-refractivity contribution in [3.05, 3.63) is 58.6 Å². The van der Waals surface area contributed by atoms with Gasteiger partial charge in [0, 0.05) is 6.21 Å². The molecule has 4 nitrogen and oxygen atoms in total. The number of para-hydroxylation sites is 1. The smallest absolute Gasteiger partial charge is 0.341 e. The lowest BCUT2D eigenvalue weighted by Gasteiger charge is -2.06. The molecule has 5 heteroatoms. The molecule has 0 fully saturated rings. The Bertz CT molecular complexity index is 683. The molecule has 0 spiro atoms. The highest BCUT2D eigenvalue weighted by Gasteiger charge is 2.05. The van der Waals surface area contributed by atoms with Crippen LogP contribution in [0.5, 0.6) is 5.75 Å². The number of aliphatic imine (C=N–C) groups is 1. The minimum absolute atomic E-state index is 0.340. The molecule has 2 rings (SSSR count). The Morgan fingerprint density at radius 2 is 2.10 bits per heavy atom. The Labute approximate surface area is 127 Å². The predicted octanol–water partition coefficient (Wildman–Crippen LogP) is 3.86. The monoisotopic (exact) mass is 303 g/mol. The van der Waals surface area contributed by atoms with Crippen LogP contribution in [0.15, 0.2) is 47.5 Å². The van der Waals surface area contributed by atoms with E-state index in [4.69, 9.17) is 21.4 Å². The second kappa shape index (κ2) is 6.90. The maximum absolute atomic E-state index is 10.5. The van der Waals surface area contributed by atoms with Gasteiger partial charge in [0.1, 0.15) is 5.75 Å². The van der Waals surface area contributed by atoms with Gasteiger partial charge in [0.25, 0.3) is 0 Å². The summed E-state index contributed by atoms with van der Waals surface area (Å²) in [4.78, 5) is 14.9. The molecule has 2 aromatic rings. The summed E-state index contributed by atoms with van der Waals surface area (Å²) < 4.78 is 5.06. The number of hydrogen-bond donors (Lipinski definition) is 1. The number of nitrogens with zero attached hydrogens (tertiary/aromatic N) is 1. The van der Waals surface area contributed by atoms with Crippen LogP contribution in [-0.2, 0) is 4.79 Å². The van der Waals surface area contributed by atoms with Gasteiger partial charge in [-0.3, -0.25) is 4.99 Å². The van der Waals surface area contributed by atoms with Crippen LogP contribution in [0.4, 0.5) is 5.69 Å². The highest BCUT2D eigenvalue weighted by atomic mass is 35.5. The average molecular weight is 304 g/mol. The number of hydrogen-bond acceptors (Lipinski definition) is 3. The van der Waals surface area contributed by atoms with Crippen LogP contribution in [0.2, 0.25) is 5.02 Å². The van der Waals surface area contributed by atoms with Crippen LogP contribution in [0.3, 0.4) is 0 Å². The fourth-order valence-electron chi connectivity index (χ4n) is 1.71. The zero-order valence-electron chi connectivity index (χ0n) is 11.4. The Hall–Kier alpha value is -2.33. The van der Waals surface area contributed by atoms with E-state index >= 15 is 0 Å². The molecule has 0 aliphatic carbocycles. The normalized spacial score (nSPS) is 10.8. The summed E-state index contributed by atoms with van der Waals surface area (Å²) >= 11 is 6.05. The van der Waals surface area contributed by atoms with Gasteiger partial charge in [-0.1, -0.05) is 29.8 Å². The molecule has 0 bridgehead atoms. The summed E-state index contributed by atoms with van der Waals surface area (Å²) in [6.45, 7) is 1.57. The molecule has 0 aliphatic rings. The van der Waals surface area contributed by atoms with Gasteiger partial charge in [-0.15, -0.1) is 0 Å². The maximum Gasteiger partial charge on any atom is 0.341 e. The van der Waals surface area contributed by atoms with Crippen LogP contribution in [-0.4, -0.2) is 23.9 Å². The lowest BCUT2D eigenvalue weighted by atomic mass is 10.2. The van der Waals surface area contributed by atoms with Crippen molar-refractivity contribution in [3.63, 3.8) is 0 Å². The average Bonchev–Trinajstić information content (AvgIpc) is 2.45. The maximum atomic E-state index is 10.5. The molecule has 0 unspecified atom stereocenters. The van der Waals surface area contributed by atoms with Crippen LogP contribution >= 0.6 is 11.6 Å².